The molecule has 1 heterocycles. The Hall–Kier alpha value is -1.45. The van der Waals surface area contributed by atoms with E-state index in [2.05, 4.69) is 0 Å². The summed E-state index contributed by atoms with van der Waals surface area (Å²) in [5.74, 6) is 0. The molecule has 60 valence electrons. The van der Waals surface area contributed by atoms with Crippen molar-refractivity contribution in [3.05, 3.63) is 24.2 Å². The van der Waals surface area contributed by atoms with Crippen molar-refractivity contribution in [2.45, 2.75) is 6.54 Å². The van der Waals surface area contributed by atoms with Gasteiger partial charge >= 0.3 is 6.03 Å². The number of urea groups is 1. The third-order valence-corrected chi connectivity index (χ3v) is 1.38. The van der Waals surface area contributed by atoms with Gasteiger partial charge in [0.2, 0.25) is 0 Å². The largest absolute Gasteiger partial charge is 0.472 e. The van der Waals surface area contributed by atoms with Gasteiger partial charge in [-0.05, 0) is 6.07 Å². The van der Waals surface area contributed by atoms with Crippen molar-refractivity contribution in [2.24, 2.45) is 5.73 Å². The molecule has 0 aliphatic heterocycles. The summed E-state index contributed by atoms with van der Waals surface area (Å²) in [6.07, 6.45) is 3.14. The Morgan fingerprint density at radius 3 is 3.00 bits per heavy atom. The number of furan rings is 1. The van der Waals surface area contributed by atoms with E-state index in [0.29, 0.717) is 6.54 Å². The SMILES string of the molecule is CN(Cc1ccoc1)C(N)=O. The van der Waals surface area contributed by atoms with Gasteiger partial charge in [-0.1, -0.05) is 0 Å². The number of nitrogens with two attached hydrogens (primary N) is 1. The van der Waals surface area contributed by atoms with Crippen molar-refractivity contribution in [1.29, 1.82) is 0 Å². The smallest absolute Gasteiger partial charge is 0.314 e. The highest BCUT2D eigenvalue weighted by atomic mass is 16.3. The van der Waals surface area contributed by atoms with E-state index in [4.69, 9.17) is 10.2 Å². The topological polar surface area (TPSA) is 59.5 Å². The first-order valence-electron chi connectivity index (χ1n) is 3.22. The lowest BCUT2D eigenvalue weighted by Gasteiger charge is -2.11. The van der Waals surface area contributed by atoms with Crippen LogP contribution in [0.1, 0.15) is 5.56 Å². The standard InChI is InChI=1S/C7H10N2O2/c1-9(7(8)10)4-6-2-3-11-5-6/h2-3,5H,4H2,1H3,(H2,8,10). The molecule has 0 unspecified atom stereocenters. The first-order chi connectivity index (χ1) is 5.20. The van der Waals surface area contributed by atoms with E-state index in [1.54, 1.807) is 25.6 Å². The third-order valence-electron chi connectivity index (χ3n) is 1.38. The van der Waals surface area contributed by atoms with Crippen LogP contribution < -0.4 is 5.73 Å². The zero-order chi connectivity index (χ0) is 8.27. The van der Waals surface area contributed by atoms with E-state index in [1.165, 1.54) is 4.90 Å². The maximum atomic E-state index is 10.5. The summed E-state index contributed by atoms with van der Waals surface area (Å²) in [7, 11) is 1.63. The van der Waals surface area contributed by atoms with Gasteiger partial charge in [0.25, 0.3) is 0 Å². The molecule has 0 spiro atoms. The number of nitrogens with zero attached hydrogens (tertiary/aromatic N) is 1. The van der Waals surface area contributed by atoms with Crippen LogP contribution in [0.4, 0.5) is 4.79 Å². The summed E-state index contributed by atoms with van der Waals surface area (Å²) in [6.45, 7) is 0.492. The van der Waals surface area contributed by atoms with Gasteiger partial charge in [-0.25, -0.2) is 4.79 Å². The Morgan fingerprint density at radius 1 is 1.82 bits per heavy atom. The lowest BCUT2D eigenvalue weighted by Crippen LogP contribution is -2.31. The third kappa shape index (κ3) is 2.00. The molecule has 1 aromatic rings. The van der Waals surface area contributed by atoms with Crippen LogP contribution in [-0.4, -0.2) is 18.0 Å². The highest BCUT2D eigenvalue weighted by molar-refractivity contribution is 5.71. The Balaban J connectivity index is 2.50. The summed E-state index contributed by atoms with van der Waals surface area (Å²) < 4.78 is 4.82. The van der Waals surface area contributed by atoms with E-state index >= 15 is 0 Å². The van der Waals surface area contributed by atoms with E-state index in [9.17, 15) is 4.79 Å². The highest BCUT2D eigenvalue weighted by Gasteiger charge is 2.03. The second-order valence-electron chi connectivity index (χ2n) is 2.33. The van der Waals surface area contributed by atoms with Crippen LogP contribution in [0.2, 0.25) is 0 Å². The fraction of sp³-hybridized carbons (Fsp3) is 0.286. The van der Waals surface area contributed by atoms with Crippen LogP contribution >= 0.6 is 0 Å². The maximum absolute atomic E-state index is 10.5. The number of hydrogen-bond donors (Lipinski definition) is 1. The van der Waals surface area contributed by atoms with Crippen molar-refractivity contribution in [1.82, 2.24) is 4.90 Å². The van der Waals surface area contributed by atoms with Crippen LogP contribution in [0.15, 0.2) is 23.0 Å². The van der Waals surface area contributed by atoms with E-state index < -0.39 is 6.03 Å². The molecule has 0 bridgehead atoms. The van der Waals surface area contributed by atoms with Gasteiger partial charge in [0, 0.05) is 12.6 Å². The average Bonchev–Trinajstić information content (AvgIpc) is 2.39. The van der Waals surface area contributed by atoms with E-state index in [-0.39, 0.29) is 0 Å². The number of primary amides is 1. The fourth-order valence-electron chi connectivity index (χ4n) is 0.734. The average molecular weight is 154 g/mol. The Morgan fingerprint density at radius 2 is 2.55 bits per heavy atom. The molecule has 4 nitrogen and oxygen atoms in total. The molecule has 0 aliphatic carbocycles. The van der Waals surface area contributed by atoms with Crippen LogP contribution in [0.5, 0.6) is 0 Å². The Kier molecular flexibility index (Phi) is 2.15. The van der Waals surface area contributed by atoms with Crippen molar-refractivity contribution in [3.63, 3.8) is 0 Å². The van der Waals surface area contributed by atoms with Gasteiger partial charge in [0.05, 0.1) is 19.1 Å². The van der Waals surface area contributed by atoms with Crippen molar-refractivity contribution in [2.75, 3.05) is 7.05 Å². The molecular formula is C7H10N2O2. The number of rotatable bonds is 2. The zero-order valence-corrected chi connectivity index (χ0v) is 6.28. The van der Waals surface area contributed by atoms with Crippen molar-refractivity contribution < 1.29 is 9.21 Å². The van der Waals surface area contributed by atoms with Crippen LogP contribution in [0, 0.1) is 0 Å². The summed E-state index contributed by atoms with van der Waals surface area (Å²) in [6, 6.07) is 1.35. The molecule has 0 aliphatic rings. The highest BCUT2D eigenvalue weighted by Crippen LogP contribution is 2.02. The zero-order valence-electron chi connectivity index (χ0n) is 6.28. The molecule has 1 rings (SSSR count). The molecule has 0 atom stereocenters. The molecule has 0 fully saturated rings. The molecule has 0 aromatic carbocycles. The minimum absolute atomic E-state index is 0.439. The second kappa shape index (κ2) is 3.09. The number of hydrogen-bond acceptors (Lipinski definition) is 2. The molecule has 0 saturated heterocycles. The molecule has 2 N–H and O–H groups in total. The van der Waals surface area contributed by atoms with Crippen LogP contribution in [0.25, 0.3) is 0 Å². The second-order valence-corrected chi connectivity index (χ2v) is 2.33. The van der Waals surface area contributed by atoms with Gasteiger partial charge in [-0.3, -0.25) is 0 Å². The normalized spacial score (nSPS) is 9.55. The van der Waals surface area contributed by atoms with Crippen molar-refractivity contribution >= 4 is 6.03 Å². The Labute approximate surface area is 64.6 Å². The lowest BCUT2D eigenvalue weighted by molar-refractivity contribution is 0.216. The summed E-state index contributed by atoms with van der Waals surface area (Å²) in [5, 5.41) is 0. The Bertz CT molecular complexity index is 231. The summed E-state index contributed by atoms with van der Waals surface area (Å²) in [5.41, 5.74) is 5.95. The lowest BCUT2D eigenvalue weighted by atomic mass is 10.3. The molecule has 2 amide bonds. The molecule has 11 heavy (non-hydrogen) atoms. The predicted molar refractivity (Wildman–Crippen MR) is 39.8 cm³/mol. The van der Waals surface area contributed by atoms with Gasteiger partial charge in [-0.2, -0.15) is 0 Å². The molecule has 1 aromatic heterocycles. The number of amides is 2. The molecule has 4 heteroatoms. The minimum Gasteiger partial charge on any atom is -0.472 e. The van der Waals surface area contributed by atoms with Crippen molar-refractivity contribution in [3.8, 4) is 0 Å². The number of carbonyl (C=O) groups excluding carboxylic acids is 1. The predicted octanol–water partition coefficient (Wildman–Crippen LogP) is 0.790. The van der Waals surface area contributed by atoms with Crippen LogP contribution in [0.3, 0.4) is 0 Å². The summed E-state index contributed by atoms with van der Waals surface area (Å²) in [4.78, 5) is 12.0. The first-order valence-corrected chi connectivity index (χ1v) is 3.22. The molecule has 0 radical (unpaired) electrons. The van der Waals surface area contributed by atoms with Gasteiger partial charge in [0.15, 0.2) is 0 Å². The van der Waals surface area contributed by atoms with E-state index in [0.717, 1.165) is 5.56 Å². The first kappa shape index (κ1) is 7.65. The van der Waals surface area contributed by atoms with Gasteiger partial charge < -0.3 is 15.1 Å². The van der Waals surface area contributed by atoms with Crippen LogP contribution in [-0.2, 0) is 6.54 Å². The molecule has 0 saturated carbocycles. The number of carbonyl (C=O) groups is 1. The quantitative estimate of drug-likeness (QED) is 0.684. The minimum atomic E-state index is -0.439. The van der Waals surface area contributed by atoms with Gasteiger partial charge in [-0.15, -0.1) is 0 Å². The van der Waals surface area contributed by atoms with Gasteiger partial charge in [0.1, 0.15) is 0 Å². The fourth-order valence-corrected chi connectivity index (χ4v) is 0.734. The molecular weight excluding hydrogens is 144 g/mol. The summed E-state index contributed by atoms with van der Waals surface area (Å²) >= 11 is 0. The van der Waals surface area contributed by atoms with E-state index in [1.807, 2.05) is 0 Å². The monoisotopic (exact) mass is 154 g/mol. The maximum Gasteiger partial charge on any atom is 0.314 e.